The topological polar surface area (TPSA) is 42.4 Å². The molecule has 0 spiro atoms. The van der Waals surface area contributed by atoms with Crippen molar-refractivity contribution in [2.75, 3.05) is 31.2 Å². The largest absolute Gasteiger partial charge is 0.378 e. The number of allylic oxidation sites excluding steroid dienone is 1. The van der Waals surface area contributed by atoms with E-state index in [1.54, 1.807) is 18.3 Å². The van der Waals surface area contributed by atoms with Crippen molar-refractivity contribution in [3.05, 3.63) is 66.0 Å². The van der Waals surface area contributed by atoms with E-state index in [1.165, 1.54) is 0 Å². The van der Waals surface area contributed by atoms with Gasteiger partial charge in [0.25, 0.3) is 0 Å². The SMILES string of the molecule is O=C(/C=C/c1ccccn1)c1ccc(N2CCOCC2)cc1. The van der Waals surface area contributed by atoms with Gasteiger partial charge in [-0.1, -0.05) is 6.07 Å². The minimum atomic E-state index is -0.0146. The summed E-state index contributed by atoms with van der Waals surface area (Å²) in [6, 6.07) is 13.3. The Morgan fingerprint density at radius 1 is 1.09 bits per heavy atom. The number of carbonyl (C=O) groups is 1. The van der Waals surface area contributed by atoms with Crippen molar-refractivity contribution >= 4 is 17.5 Å². The standard InChI is InChI=1S/C18H18N2O2/c21-18(9-6-16-3-1-2-10-19-16)15-4-7-17(8-5-15)20-11-13-22-14-12-20/h1-10H,11-14H2/b9-6+. The fourth-order valence-corrected chi connectivity index (χ4v) is 2.39. The molecule has 4 nitrogen and oxygen atoms in total. The Kier molecular flexibility index (Phi) is 4.61. The lowest BCUT2D eigenvalue weighted by atomic mass is 10.1. The highest BCUT2D eigenvalue weighted by atomic mass is 16.5. The maximum Gasteiger partial charge on any atom is 0.185 e. The predicted octanol–water partition coefficient (Wildman–Crippen LogP) is 2.81. The van der Waals surface area contributed by atoms with E-state index in [4.69, 9.17) is 4.74 Å². The molecule has 1 aliphatic rings. The molecule has 0 radical (unpaired) electrons. The Bertz CT molecular complexity index is 645. The van der Waals surface area contributed by atoms with Gasteiger partial charge in [-0.05, 0) is 48.6 Å². The number of carbonyl (C=O) groups excluding carboxylic acids is 1. The highest BCUT2D eigenvalue weighted by Crippen LogP contribution is 2.17. The molecular formula is C18H18N2O2. The number of hydrogen-bond donors (Lipinski definition) is 0. The molecule has 4 heteroatoms. The van der Waals surface area contributed by atoms with Crippen molar-refractivity contribution in [2.45, 2.75) is 0 Å². The van der Waals surface area contributed by atoms with Gasteiger partial charge in [0.2, 0.25) is 0 Å². The Balaban J connectivity index is 1.67. The lowest BCUT2D eigenvalue weighted by Crippen LogP contribution is -2.36. The summed E-state index contributed by atoms with van der Waals surface area (Å²) in [5.41, 5.74) is 2.60. The first-order chi connectivity index (χ1) is 10.8. The van der Waals surface area contributed by atoms with Gasteiger partial charge in [-0.15, -0.1) is 0 Å². The molecule has 0 amide bonds. The molecule has 1 aliphatic heterocycles. The van der Waals surface area contributed by atoms with Crippen LogP contribution in [0, 0.1) is 0 Å². The van der Waals surface area contributed by atoms with Crippen LogP contribution in [0.5, 0.6) is 0 Å². The summed E-state index contributed by atoms with van der Waals surface area (Å²) in [6.07, 6.45) is 5.01. The monoisotopic (exact) mass is 294 g/mol. The zero-order valence-electron chi connectivity index (χ0n) is 12.3. The lowest BCUT2D eigenvalue weighted by molar-refractivity contribution is 0.104. The van der Waals surface area contributed by atoms with Gasteiger partial charge in [0.15, 0.2) is 5.78 Å². The number of hydrogen-bond acceptors (Lipinski definition) is 4. The molecule has 1 fully saturated rings. The number of aromatic nitrogens is 1. The van der Waals surface area contributed by atoms with E-state index in [-0.39, 0.29) is 5.78 Å². The summed E-state index contributed by atoms with van der Waals surface area (Å²) >= 11 is 0. The number of nitrogens with zero attached hydrogens (tertiary/aromatic N) is 2. The van der Waals surface area contributed by atoms with Crippen molar-refractivity contribution in [2.24, 2.45) is 0 Å². The molecule has 0 bridgehead atoms. The van der Waals surface area contributed by atoms with Gasteiger partial charge in [0.05, 0.1) is 18.9 Å². The third kappa shape index (κ3) is 3.59. The predicted molar refractivity (Wildman–Crippen MR) is 87.1 cm³/mol. The maximum absolute atomic E-state index is 12.2. The molecule has 0 unspecified atom stereocenters. The normalized spacial score (nSPS) is 15.2. The zero-order chi connectivity index (χ0) is 15.2. The molecule has 2 heterocycles. The van der Waals surface area contributed by atoms with Crippen LogP contribution in [-0.2, 0) is 4.74 Å². The summed E-state index contributed by atoms with van der Waals surface area (Å²) in [5.74, 6) is -0.0146. The van der Waals surface area contributed by atoms with E-state index in [2.05, 4.69) is 9.88 Å². The van der Waals surface area contributed by atoms with E-state index < -0.39 is 0 Å². The van der Waals surface area contributed by atoms with E-state index >= 15 is 0 Å². The minimum absolute atomic E-state index is 0.0146. The highest BCUT2D eigenvalue weighted by Gasteiger charge is 2.11. The van der Waals surface area contributed by atoms with Gasteiger partial charge >= 0.3 is 0 Å². The Labute approximate surface area is 130 Å². The molecule has 2 aromatic rings. The molecular weight excluding hydrogens is 276 g/mol. The summed E-state index contributed by atoms with van der Waals surface area (Å²) in [5, 5.41) is 0. The van der Waals surface area contributed by atoms with E-state index in [0.717, 1.165) is 37.7 Å². The van der Waals surface area contributed by atoms with Crippen LogP contribution < -0.4 is 4.90 Å². The second-order valence-corrected chi connectivity index (χ2v) is 5.10. The first-order valence-corrected chi connectivity index (χ1v) is 7.39. The van der Waals surface area contributed by atoms with Gasteiger partial charge in [-0.25, -0.2) is 0 Å². The number of ether oxygens (including phenoxy) is 1. The Morgan fingerprint density at radius 2 is 1.86 bits per heavy atom. The minimum Gasteiger partial charge on any atom is -0.378 e. The van der Waals surface area contributed by atoms with Crippen LogP contribution in [0.25, 0.3) is 6.08 Å². The molecule has 1 aromatic carbocycles. The third-order valence-electron chi connectivity index (χ3n) is 3.62. The summed E-state index contributed by atoms with van der Waals surface area (Å²) in [7, 11) is 0. The van der Waals surface area contributed by atoms with Gasteiger partial charge in [-0.3, -0.25) is 9.78 Å². The maximum atomic E-state index is 12.2. The van der Waals surface area contributed by atoms with Crippen LogP contribution in [-0.4, -0.2) is 37.1 Å². The smallest absolute Gasteiger partial charge is 0.185 e. The molecule has 112 valence electrons. The zero-order valence-corrected chi connectivity index (χ0v) is 12.3. The van der Waals surface area contributed by atoms with Crippen LogP contribution in [0.15, 0.2) is 54.7 Å². The van der Waals surface area contributed by atoms with Crippen molar-refractivity contribution in [3.8, 4) is 0 Å². The molecule has 22 heavy (non-hydrogen) atoms. The van der Waals surface area contributed by atoms with Crippen LogP contribution in [0.1, 0.15) is 16.1 Å². The van der Waals surface area contributed by atoms with Crippen molar-refractivity contribution < 1.29 is 9.53 Å². The fourth-order valence-electron chi connectivity index (χ4n) is 2.39. The van der Waals surface area contributed by atoms with Gasteiger partial charge in [0.1, 0.15) is 0 Å². The number of rotatable bonds is 4. The molecule has 1 saturated heterocycles. The molecule has 1 aromatic heterocycles. The van der Waals surface area contributed by atoms with E-state index in [1.807, 2.05) is 42.5 Å². The molecule has 0 N–H and O–H groups in total. The molecule has 3 rings (SSSR count). The first kappa shape index (κ1) is 14.5. The third-order valence-corrected chi connectivity index (χ3v) is 3.62. The Morgan fingerprint density at radius 3 is 2.55 bits per heavy atom. The Hall–Kier alpha value is -2.46. The molecule has 0 aliphatic carbocycles. The number of pyridine rings is 1. The van der Waals surface area contributed by atoms with Crippen LogP contribution in [0.3, 0.4) is 0 Å². The van der Waals surface area contributed by atoms with Crippen LogP contribution in [0.4, 0.5) is 5.69 Å². The molecule has 0 atom stereocenters. The number of ketones is 1. The van der Waals surface area contributed by atoms with E-state index in [0.29, 0.717) is 5.56 Å². The fraction of sp³-hybridized carbons (Fsp3) is 0.222. The van der Waals surface area contributed by atoms with Crippen LogP contribution in [0.2, 0.25) is 0 Å². The van der Waals surface area contributed by atoms with Gasteiger partial charge in [0, 0.05) is 30.5 Å². The van der Waals surface area contributed by atoms with Crippen molar-refractivity contribution in [1.82, 2.24) is 4.98 Å². The second kappa shape index (κ2) is 7.00. The molecule has 0 saturated carbocycles. The second-order valence-electron chi connectivity index (χ2n) is 5.10. The van der Waals surface area contributed by atoms with Gasteiger partial charge in [-0.2, -0.15) is 0 Å². The van der Waals surface area contributed by atoms with Gasteiger partial charge < -0.3 is 9.64 Å². The van der Waals surface area contributed by atoms with Crippen molar-refractivity contribution in [3.63, 3.8) is 0 Å². The highest BCUT2D eigenvalue weighted by molar-refractivity contribution is 6.06. The lowest BCUT2D eigenvalue weighted by Gasteiger charge is -2.28. The quantitative estimate of drug-likeness (QED) is 0.642. The van der Waals surface area contributed by atoms with Crippen molar-refractivity contribution in [1.29, 1.82) is 0 Å². The summed E-state index contributed by atoms with van der Waals surface area (Å²) in [4.78, 5) is 18.6. The average Bonchev–Trinajstić information content (AvgIpc) is 2.61. The summed E-state index contributed by atoms with van der Waals surface area (Å²) in [6.45, 7) is 3.31. The number of anilines is 1. The average molecular weight is 294 g/mol. The first-order valence-electron chi connectivity index (χ1n) is 7.39. The van der Waals surface area contributed by atoms with E-state index in [9.17, 15) is 4.79 Å². The number of benzene rings is 1. The van der Waals surface area contributed by atoms with Crippen LogP contribution >= 0.6 is 0 Å². The summed E-state index contributed by atoms with van der Waals surface area (Å²) < 4.78 is 5.35. The number of morpholine rings is 1.